The Balaban J connectivity index is 3.55. The molecule has 39 valence electrons. The van der Waals surface area contributed by atoms with Crippen LogP contribution < -0.4 is 0 Å². The van der Waals surface area contributed by atoms with E-state index < -0.39 is 10.7 Å². The van der Waals surface area contributed by atoms with Crippen LogP contribution in [0.2, 0.25) is 4.71 Å². The average Bonchev–Trinajstić information content (AvgIpc) is 1.65. The maximum absolute atomic E-state index is 9.86. The predicted molar refractivity (Wildman–Crippen MR) is 28.7 cm³/mol. The van der Waals surface area contributed by atoms with Gasteiger partial charge in [0.05, 0.1) is 0 Å². The molecule has 0 amide bonds. The normalized spacial score (nSPS) is 12.7. The molecule has 0 aliphatic heterocycles. The van der Waals surface area contributed by atoms with Gasteiger partial charge in [0.25, 0.3) is 0 Å². The molecule has 0 aliphatic rings. The van der Waals surface area contributed by atoms with E-state index in [-0.39, 0.29) is 0 Å². The summed E-state index contributed by atoms with van der Waals surface area (Å²) in [5.74, 6) is -0.824. The summed E-state index contributed by atoms with van der Waals surface area (Å²) in [6, 6.07) is 0. The number of aliphatic carboxylic acids is 1. The van der Waals surface area contributed by atoms with Gasteiger partial charge in [-0.1, -0.05) is 0 Å². The predicted octanol–water partition coefficient (Wildman–Crippen LogP) is -0.0537. The number of carbonyl (C=O) groups is 1. The molecule has 0 spiro atoms. The average molecular weight is 161 g/mol. The molecule has 3 heteroatoms. The van der Waals surface area contributed by atoms with Gasteiger partial charge in [0.2, 0.25) is 0 Å². The monoisotopic (exact) mass is 161 g/mol. The van der Waals surface area contributed by atoms with Gasteiger partial charge in [-0.15, -0.1) is 0 Å². The van der Waals surface area contributed by atoms with Crippen molar-refractivity contribution in [3.8, 4) is 0 Å². The standard InChI is InChI=1S/C4H6AsO2/c1-2-3(5)4(6)7/h2-3,5H,1H2,(H,6,7). The van der Waals surface area contributed by atoms with Gasteiger partial charge in [0.15, 0.2) is 0 Å². The van der Waals surface area contributed by atoms with Crippen LogP contribution in [-0.4, -0.2) is 27.9 Å². The van der Waals surface area contributed by atoms with Crippen LogP contribution >= 0.6 is 0 Å². The third kappa shape index (κ3) is 2.46. The fourth-order valence-electron chi connectivity index (χ4n) is 0.101. The molecule has 0 aromatic heterocycles. The molecule has 0 rings (SSSR count). The summed E-state index contributed by atoms with van der Waals surface area (Å²) in [5.41, 5.74) is 0. The van der Waals surface area contributed by atoms with Gasteiger partial charge in [0, 0.05) is 0 Å². The molecule has 1 radical (unpaired) electrons. The molecule has 2 nitrogen and oxygen atoms in total. The van der Waals surface area contributed by atoms with E-state index in [2.05, 4.69) is 6.58 Å². The van der Waals surface area contributed by atoms with Gasteiger partial charge in [-0.2, -0.15) is 0 Å². The SMILES string of the molecule is C=CC([AsH])C(=O)O. The summed E-state index contributed by atoms with van der Waals surface area (Å²) >= 11 is 1.58. The summed E-state index contributed by atoms with van der Waals surface area (Å²) in [6.45, 7) is 3.30. The molecule has 0 aliphatic carbocycles. The Bertz CT molecular complexity index is 89.7. The Kier molecular flexibility index (Phi) is 2.77. The Hall–Kier alpha value is -0.232. The zero-order valence-electron chi connectivity index (χ0n) is 3.72. The number of carboxylic acid groups (broad SMARTS) is 1. The van der Waals surface area contributed by atoms with Crippen LogP contribution in [0, 0.1) is 0 Å². The molecule has 0 bridgehead atoms. The summed E-state index contributed by atoms with van der Waals surface area (Å²) in [6.07, 6.45) is 1.39. The van der Waals surface area contributed by atoms with Crippen molar-refractivity contribution in [2.24, 2.45) is 0 Å². The Morgan fingerprint density at radius 2 is 2.43 bits per heavy atom. The van der Waals surface area contributed by atoms with Crippen LogP contribution in [0.15, 0.2) is 12.7 Å². The first kappa shape index (κ1) is 6.77. The van der Waals surface area contributed by atoms with Crippen molar-refractivity contribution in [3.63, 3.8) is 0 Å². The Morgan fingerprint density at radius 1 is 2.00 bits per heavy atom. The Labute approximate surface area is 50.7 Å². The van der Waals surface area contributed by atoms with E-state index in [1.165, 1.54) is 6.08 Å². The second-order valence-electron chi connectivity index (χ2n) is 1.05. The molecule has 1 N–H and O–H groups in total. The minimum atomic E-state index is -0.824. The van der Waals surface area contributed by atoms with E-state index in [4.69, 9.17) is 5.11 Å². The van der Waals surface area contributed by atoms with Crippen molar-refractivity contribution < 1.29 is 9.90 Å². The minimum absolute atomic E-state index is 0.417. The molecule has 7 heavy (non-hydrogen) atoms. The van der Waals surface area contributed by atoms with Crippen molar-refractivity contribution in [3.05, 3.63) is 12.7 Å². The van der Waals surface area contributed by atoms with Gasteiger partial charge in [-0.05, 0) is 0 Å². The fraction of sp³-hybridized carbons (Fsp3) is 0.250. The van der Waals surface area contributed by atoms with E-state index in [9.17, 15) is 4.79 Å². The Morgan fingerprint density at radius 3 is 2.43 bits per heavy atom. The topological polar surface area (TPSA) is 37.3 Å². The zero-order valence-corrected chi connectivity index (χ0v) is 5.82. The molecule has 1 atom stereocenters. The first-order valence-corrected chi connectivity index (χ1v) is 2.96. The first-order valence-electron chi connectivity index (χ1n) is 1.75. The van der Waals surface area contributed by atoms with Crippen molar-refractivity contribution in [2.45, 2.75) is 4.71 Å². The molecule has 0 aromatic rings. The molecule has 0 saturated carbocycles. The van der Waals surface area contributed by atoms with E-state index in [1.807, 2.05) is 0 Å². The molecular weight excluding hydrogens is 155 g/mol. The van der Waals surface area contributed by atoms with Crippen molar-refractivity contribution in [1.82, 2.24) is 0 Å². The van der Waals surface area contributed by atoms with Crippen LogP contribution in [0.1, 0.15) is 0 Å². The van der Waals surface area contributed by atoms with E-state index in [0.717, 1.165) is 0 Å². The zero-order chi connectivity index (χ0) is 5.86. The first-order chi connectivity index (χ1) is 3.18. The van der Waals surface area contributed by atoms with Crippen molar-refractivity contribution in [1.29, 1.82) is 0 Å². The van der Waals surface area contributed by atoms with Crippen LogP contribution in [0.25, 0.3) is 0 Å². The van der Waals surface area contributed by atoms with E-state index >= 15 is 0 Å². The second-order valence-corrected chi connectivity index (χ2v) is 2.36. The molecule has 0 saturated heterocycles. The van der Waals surface area contributed by atoms with Crippen molar-refractivity contribution >= 4 is 22.8 Å². The van der Waals surface area contributed by atoms with Gasteiger partial charge in [-0.25, -0.2) is 0 Å². The van der Waals surface area contributed by atoms with Crippen LogP contribution in [0.4, 0.5) is 0 Å². The number of carboxylic acids is 1. The van der Waals surface area contributed by atoms with Crippen LogP contribution in [-0.2, 0) is 4.79 Å². The third-order valence-electron chi connectivity index (χ3n) is 0.502. The summed E-state index contributed by atoms with van der Waals surface area (Å²) in [4.78, 5) is 9.86. The number of rotatable bonds is 2. The van der Waals surface area contributed by atoms with Crippen molar-refractivity contribution in [2.75, 3.05) is 0 Å². The van der Waals surface area contributed by atoms with E-state index in [0.29, 0.717) is 0 Å². The fourth-order valence-corrected chi connectivity index (χ4v) is 0.101. The van der Waals surface area contributed by atoms with Gasteiger partial charge in [-0.3, -0.25) is 0 Å². The summed E-state index contributed by atoms with van der Waals surface area (Å²) in [7, 11) is 0. The van der Waals surface area contributed by atoms with Crippen LogP contribution in [0.5, 0.6) is 0 Å². The second kappa shape index (κ2) is 2.86. The molecule has 1 unspecified atom stereocenters. The number of hydrogen-bond acceptors (Lipinski definition) is 1. The summed E-state index contributed by atoms with van der Waals surface area (Å²) < 4.78 is -0.417. The summed E-state index contributed by atoms with van der Waals surface area (Å²) in [5, 5.41) is 8.11. The van der Waals surface area contributed by atoms with Gasteiger partial charge >= 0.3 is 50.1 Å². The van der Waals surface area contributed by atoms with Gasteiger partial charge in [0.1, 0.15) is 0 Å². The number of hydrogen-bond donors (Lipinski definition) is 1. The van der Waals surface area contributed by atoms with Crippen LogP contribution in [0.3, 0.4) is 0 Å². The third-order valence-corrected chi connectivity index (χ3v) is 1.51. The maximum atomic E-state index is 9.86. The molecule has 0 fully saturated rings. The quantitative estimate of drug-likeness (QED) is 0.455. The molecule has 0 heterocycles. The molecular formula is C4H6AsO2. The molecule has 0 aromatic carbocycles. The van der Waals surface area contributed by atoms with Gasteiger partial charge < -0.3 is 0 Å². The van der Waals surface area contributed by atoms with E-state index in [1.54, 1.807) is 16.9 Å².